The molecule has 4 aromatic rings. The highest BCUT2D eigenvalue weighted by Crippen LogP contribution is 2.34. The molecule has 4 nitrogen and oxygen atoms in total. The maximum atomic E-state index is 11.7. The summed E-state index contributed by atoms with van der Waals surface area (Å²) in [6.07, 6.45) is 5.78. The van der Waals surface area contributed by atoms with E-state index >= 15 is 0 Å². The molecule has 0 fully saturated rings. The number of benzene rings is 2. The van der Waals surface area contributed by atoms with Crippen LogP contribution in [0.2, 0.25) is 0 Å². The molecule has 0 saturated carbocycles. The Morgan fingerprint density at radius 1 is 0.962 bits per heavy atom. The van der Waals surface area contributed by atoms with Crippen molar-refractivity contribution in [3.63, 3.8) is 0 Å². The minimum Gasteiger partial charge on any atom is -0.851 e. The van der Waals surface area contributed by atoms with E-state index in [0.29, 0.717) is 11.3 Å². The van der Waals surface area contributed by atoms with Gasteiger partial charge in [-0.1, -0.05) is 36.4 Å². The van der Waals surface area contributed by atoms with E-state index < -0.39 is 0 Å². The van der Waals surface area contributed by atoms with Crippen LogP contribution >= 0.6 is 0 Å². The summed E-state index contributed by atoms with van der Waals surface area (Å²) < 4.78 is 7.41. The van der Waals surface area contributed by atoms with Gasteiger partial charge < -0.3 is 9.84 Å². The van der Waals surface area contributed by atoms with Gasteiger partial charge in [-0.2, -0.15) is 0 Å². The van der Waals surface area contributed by atoms with Gasteiger partial charge in [-0.25, -0.2) is 4.57 Å². The Labute approximate surface area is 152 Å². The number of fused-ring (bicyclic) bond motifs is 1. The van der Waals surface area contributed by atoms with Gasteiger partial charge in [0.15, 0.2) is 0 Å². The van der Waals surface area contributed by atoms with Gasteiger partial charge in [-0.3, -0.25) is 0 Å². The van der Waals surface area contributed by atoms with Crippen molar-refractivity contribution >= 4 is 10.8 Å². The predicted octanol–water partition coefficient (Wildman–Crippen LogP) is 3.05. The van der Waals surface area contributed by atoms with E-state index in [4.69, 9.17) is 9.72 Å². The van der Waals surface area contributed by atoms with Crippen molar-refractivity contribution in [2.75, 3.05) is 7.11 Å². The summed E-state index contributed by atoms with van der Waals surface area (Å²) in [5.41, 5.74) is 2.71. The summed E-state index contributed by atoms with van der Waals surface area (Å²) in [4.78, 5) is 4.71. The molecule has 2 aromatic heterocycles. The Bertz CT molecular complexity index is 962. The number of hydrogen-bond acceptors (Lipinski definition) is 3. The smallest absolute Gasteiger partial charge is 0.335 e. The van der Waals surface area contributed by atoms with Crippen LogP contribution in [0.25, 0.3) is 27.7 Å². The monoisotopic (exact) mass is 342 g/mol. The first kappa shape index (κ1) is 16.2. The third-order valence-electron chi connectivity index (χ3n) is 4.47. The number of nitrogens with zero attached hydrogens (tertiary/aromatic N) is 2. The highest BCUT2D eigenvalue weighted by Gasteiger charge is 2.19. The molecule has 0 saturated heterocycles. The molecule has 2 aromatic carbocycles. The number of hydrogen-bond donors (Lipinski definition) is 0. The van der Waals surface area contributed by atoms with E-state index in [9.17, 15) is 5.11 Å². The van der Waals surface area contributed by atoms with Crippen LogP contribution in [0.3, 0.4) is 0 Å². The SMILES string of the molecule is COc1cc2c(-[n+]3ccccc3)ncc(-c3ccccc3)c2cc1C[O-]. The Hall–Kier alpha value is -3.24. The summed E-state index contributed by atoms with van der Waals surface area (Å²) in [6.45, 7) is -0.330. The van der Waals surface area contributed by atoms with E-state index in [1.807, 2.05) is 83.8 Å². The lowest BCUT2D eigenvalue weighted by atomic mass is 9.98. The number of methoxy groups -OCH3 is 1. The zero-order chi connectivity index (χ0) is 17.9. The van der Waals surface area contributed by atoms with Crippen molar-refractivity contribution in [3.05, 3.63) is 84.8 Å². The van der Waals surface area contributed by atoms with Gasteiger partial charge in [0.25, 0.3) is 0 Å². The molecular formula is C22H18N2O2. The first-order valence-corrected chi connectivity index (χ1v) is 8.41. The van der Waals surface area contributed by atoms with E-state index in [2.05, 4.69) is 0 Å². The Morgan fingerprint density at radius 2 is 1.69 bits per heavy atom. The standard InChI is InChI=1S/C22H18N2O2/c1-26-21-13-19-18(12-17(21)15-25)20(16-8-4-2-5-9-16)14-23-22(19)24-10-6-3-7-11-24/h2-14H,15H2,1H3. The molecule has 0 amide bonds. The molecule has 26 heavy (non-hydrogen) atoms. The lowest BCUT2D eigenvalue weighted by Gasteiger charge is -2.14. The summed E-state index contributed by atoms with van der Waals surface area (Å²) in [5.74, 6) is 1.40. The molecular weight excluding hydrogens is 324 g/mol. The second kappa shape index (κ2) is 6.94. The molecule has 4 heteroatoms. The molecule has 4 rings (SSSR count). The Kier molecular flexibility index (Phi) is 4.33. The molecule has 0 N–H and O–H groups in total. The van der Waals surface area contributed by atoms with Gasteiger partial charge in [0.1, 0.15) is 11.9 Å². The Balaban J connectivity index is 2.07. The fraction of sp³-hybridized carbons (Fsp3) is 0.0909. The van der Waals surface area contributed by atoms with Gasteiger partial charge in [0.2, 0.25) is 0 Å². The van der Waals surface area contributed by atoms with E-state index in [1.54, 1.807) is 7.11 Å². The largest absolute Gasteiger partial charge is 0.851 e. The molecule has 0 bridgehead atoms. The zero-order valence-electron chi connectivity index (χ0n) is 14.4. The third kappa shape index (κ3) is 2.80. The molecule has 0 spiro atoms. The number of aromatic nitrogens is 2. The average Bonchev–Trinajstić information content (AvgIpc) is 2.73. The quantitative estimate of drug-likeness (QED) is 0.536. The van der Waals surface area contributed by atoms with E-state index in [1.165, 1.54) is 0 Å². The number of rotatable bonds is 4. The minimum absolute atomic E-state index is 0.330. The maximum absolute atomic E-state index is 11.7. The molecule has 0 aliphatic heterocycles. The molecule has 0 unspecified atom stereocenters. The summed E-state index contributed by atoms with van der Waals surface area (Å²) in [7, 11) is 1.59. The number of pyridine rings is 2. The van der Waals surface area contributed by atoms with Crippen LogP contribution in [0.1, 0.15) is 5.56 Å². The van der Waals surface area contributed by atoms with Crippen LogP contribution < -0.4 is 14.4 Å². The van der Waals surface area contributed by atoms with Crippen molar-refractivity contribution in [2.24, 2.45) is 0 Å². The highest BCUT2D eigenvalue weighted by molar-refractivity contribution is 6.00. The normalized spacial score (nSPS) is 10.8. The van der Waals surface area contributed by atoms with Gasteiger partial charge in [0, 0.05) is 10.9 Å². The second-order valence-corrected chi connectivity index (χ2v) is 6.00. The van der Waals surface area contributed by atoms with Crippen LogP contribution in [0.15, 0.2) is 79.3 Å². The summed E-state index contributed by atoms with van der Waals surface area (Å²) >= 11 is 0. The lowest BCUT2D eigenvalue weighted by molar-refractivity contribution is -0.598. The topological polar surface area (TPSA) is 49.1 Å². The van der Waals surface area contributed by atoms with Crippen molar-refractivity contribution in [3.8, 4) is 22.7 Å². The van der Waals surface area contributed by atoms with E-state index in [0.717, 1.165) is 27.7 Å². The van der Waals surface area contributed by atoms with Gasteiger partial charge in [0.05, 0.1) is 24.9 Å². The van der Waals surface area contributed by atoms with Crippen LogP contribution in [0, 0.1) is 0 Å². The minimum atomic E-state index is -0.330. The summed E-state index contributed by atoms with van der Waals surface area (Å²) in [6, 6.07) is 19.8. The summed E-state index contributed by atoms with van der Waals surface area (Å²) in [5, 5.41) is 13.6. The van der Waals surface area contributed by atoms with Crippen LogP contribution in [-0.4, -0.2) is 12.1 Å². The molecule has 128 valence electrons. The fourth-order valence-corrected chi connectivity index (χ4v) is 3.19. The number of ether oxygens (including phenoxy) is 1. The second-order valence-electron chi connectivity index (χ2n) is 6.00. The average molecular weight is 342 g/mol. The van der Waals surface area contributed by atoms with Crippen molar-refractivity contribution in [2.45, 2.75) is 6.61 Å². The van der Waals surface area contributed by atoms with Crippen molar-refractivity contribution in [1.82, 2.24) is 4.98 Å². The predicted molar refractivity (Wildman–Crippen MR) is 99.0 cm³/mol. The molecule has 2 heterocycles. The molecule has 0 radical (unpaired) electrons. The van der Waals surface area contributed by atoms with Crippen molar-refractivity contribution < 1.29 is 14.4 Å². The van der Waals surface area contributed by atoms with E-state index in [-0.39, 0.29) is 6.61 Å². The van der Waals surface area contributed by atoms with Gasteiger partial charge in [-0.15, -0.1) is 6.61 Å². The highest BCUT2D eigenvalue weighted by atomic mass is 16.5. The Morgan fingerprint density at radius 3 is 2.38 bits per heavy atom. The third-order valence-corrected chi connectivity index (χ3v) is 4.47. The maximum Gasteiger partial charge on any atom is 0.335 e. The van der Waals surface area contributed by atoms with Crippen molar-refractivity contribution in [1.29, 1.82) is 0 Å². The first-order valence-electron chi connectivity index (χ1n) is 8.41. The molecule has 0 aliphatic rings. The zero-order valence-corrected chi connectivity index (χ0v) is 14.4. The lowest BCUT2D eigenvalue weighted by Crippen LogP contribution is -2.30. The van der Waals surface area contributed by atoms with Crippen LogP contribution in [0.4, 0.5) is 0 Å². The van der Waals surface area contributed by atoms with Crippen LogP contribution in [-0.2, 0) is 6.61 Å². The fourth-order valence-electron chi connectivity index (χ4n) is 3.19. The van der Waals surface area contributed by atoms with Gasteiger partial charge in [-0.05, 0) is 40.4 Å². The first-order chi connectivity index (χ1) is 12.8. The van der Waals surface area contributed by atoms with Gasteiger partial charge >= 0.3 is 5.82 Å². The molecule has 0 aliphatic carbocycles. The van der Waals surface area contributed by atoms with Crippen LogP contribution in [0.5, 0.6) is 5.75 Å². The molecule has 0 atom stereocenters.